The van der Waals surface area contributed by atoms with Crippen molar-refractivity contribution in [2.24, 2.45) is 16.8 Å². The number of thioether (sulfide) groups is 1. The maximum absolute atomic E-state index is 4.30. The molecule has 0 spiro atoms. The van der Waals surface area contributed by atoms with Gasteiger partial charge in [0.2, 0.25) is 0 Å². The van der Waals surface area contributed by atoms with Gasteiger partial charge in [0.25, 0.3) is 0 Å². The number of nitrogens with zero attached hydrogens (tertiary/aromatic N) is 2. The fraction of sp³-hybridized carbons (Fsp3) is 0.938. The Morgan fingerprint density at radius 3 is 2.38 bits per heavy atom. The lowest BCUT2D eigenvalue weighted by Gasteiger charge is -2.35. The molecule has 0 saturated carbocycles. The highest BCUT2D eigenvalue weighted by molar-refractivity contribution is 7.99. The Morgan fingerprint density at radius 1 is 1.24 bits per heavy atom. The summed E-state index contributed by atoms with van der Waals surface area (Å²) in [6.45, 7) is 14.7. The van der Waals surface area contributed by atoms with Crippen molar-refractivity contribution < 1.29 is 0 Å². The molecular weight excluding hydrogens is 280 g/mol. The van der Waals surface area contributed by atoms with E-state index in [9.17, 15) is 0 Å². The van der Waals surface area contributed by atoms with E-state index in [4.69, 9.17) is 0 Å². The van der Waals surface area contributed by atoms with Crippen LogP contribution >= 0.6 is 11.8 Å². The van der Waals surface area contributed by atoms with E-state index in [2.05, 4.69) is 54.5 Å². The zero-order valence-corrected chi connectivity index (χ0v) is 15.5. The molecule has 0 bridgehead atoms. The summed E-state index contributed by atoms with van der Waals surface area (Å²) in [5.74, 6) is 2.57. The van der Waals surface area contributed by atoms with Crippen LogP contribution in [0.5, 0.6) is 0 Å². The first-order valence-electron chi connectivity index (χ1n) is 8.08. The molecule has 1 rings (SSSR count). The lowest BCUT2D eigenvalue weighted by Crippen LogP contribution is -2.47. The lowest BCUT2D eigenvalue weighted by molar-refractivity contribution is 0.143. The molecule has 2 atom stereocenters. The quantitative estimate of drug-likeness (QED) is 0.583. The van der Waals surface area contributed by atoms with Crippen molar-refractivity contribution in [3.8, 4) is 0 Å². The molecule has 0 aromatic rings. The van der Waals surface area contributed by atoms with Gasteiger partial charge in [-0.25, -0.2) is 0 Å². The van der Waals surface area contributed by atoms with Crippen molar-refractivity contribution in [3.05, 3.63) is 0 Å². The Bertz CT molecular complexity index is 320. The van der Waals surface area contributed by atoms with Gasteiger partial charge >= 0.3 is 0 Å². The van der Waals surface area contributed by atoms with Crippen molar-refractivity contribution in [2.45, 2.75) is 38.9 Å². The molecule has 0 aliphatic carbocycles. The van der Waals surface area contributed by atoms with Crippen molar-refractivity contribution in [1.29, 1.82) is 0 Å². The third-order valence-electron chi connectivity index (χ3n) is 4.12. The van der Waals surface area contributed by atoms with Crippen molar-refractivity contribution in [3.63, 3.8) is 0 Å². The minimum Gasteiger partial charge on any atom is -0.355 e. The largest absolute Gasteiger partial charge is 0.355 e. The third-order valence-corrected chi connectivity index (χ3v) is 5.37. The Morgan fingerprint density at radius 2 is 1.86 bits per heavy atom. The van der Waals surface area contributed by atoms with E-state index in [1.807, 2.05) is 18.8 Å². The Balaban J connectivity index is 2.26. The average Bonchev–Trinajstić information content (AvgIpc) is 2.41. The van der Waals surface area contributed by atoms with Crippen LogP contribution in [0.2, 0.25) is 0 Å². The summed E-state index contributed by atoms with van der Waals surface area (Å²) in [7, 11) is 1.84. The molecule has 1 saturated heterocycles. The van der Waals surface area contributed by atoms with Gasteiger partial charge in [0, 0.05) is 44.5 Å². The number of hydrogen-bond acceptors (Lipinski definition) is 3. The Labute approximate surface area is 135 Å². The van der Waals surface area contributed by atoms with Gasteiger partial charge in [-0.05, 0) is 38.4 Å². The normalized spacial score (nSPS) is 25.0. The van der Waals surface area contributed by atoms with E-state index in [0.29, 0.717) is 0 Å². The minimum absolute atomic E-state index is 0.232. The highest BCUT2D eigenvalue weighted by Crippen LogP contribution is 2.20. The van der Waals surface area contributed by atoms with E-state index < -0.39 is 0 Å². The summed E-state index contributed by atoms with van der Waals surface area (Å²) in [5.41, 5.74) is 0. The first-order valence-corrected chi connectivity index (χ1v) is 9.30. The van der Waals surface area contributed by atoms with E-state index in [-0.39, 0.29) is 4.75 Å². The molecule has 0 aromatic carbocycles. The van der Waals surface area contributed by atoms with Gasteiger partial charge in [0.05, 0.1) is 0 Å². The molecule has 2 N–H and O–H groups in total. The zero-order chi connectivity index (χ0) is 15.9. The van der Waals surface area contributed by atoms with Crippen LogP contribution in [0.25, 0.3) is 0 Å². The summed E-state index contributed by atoms with van der Waals surface area (Å²) in [6.07, 6.45) is 3.52. The second-order valence-electron chi connectivity index (χ2n) is 7.02. The van der Waals surface area contributed by atoms with E-state index in [1.54, 1.807) is 0 Å². The second-order valence-corrected chi connectivity index (χ2v) is 8.54. The van der Waals surface area contributed by atoms with Gasteiger partial charge in [0.15, 0.2) is 5.96 Å². The highest BCUT2D eigenvalue weighted by Gasteiger charge is 2.21. The number of likely N-dealkylation sites (tertiary alicyclic amines) is 1. The second kappa shape index (κ2) is 8.89. The van der Waals surface area contributed by atoms with Crippen molar-refractivity contribution in [1.82, 2.24) is 15.5 Å². The number of aliphatic imine (C=N–C) groups is 1. The van der Waals surface area contributed by atoms with Gasteiger partial charge in [0.1, 0.15) is 0 Å². The van der Waals surface area contributed by atoms with Gasteiger partial charge in [-0.3, -0.25) is 4.99 Å². The van der Waals surface area contributed by atoms with E-state index in [0.717, 1.165) is 37.4 Å². The van der Waals surface area contributed by atoms with Crippen LogP contribution in [-0.2, 0) is 0 Å². The smallest absolute Gasteiger partial charge is 0.191 e. The van der Waals surface area contributed by atoms with Crippen LogP contribution in [0.3, 0.4) is 0 Å². The monoisotopic (exact) mass is 314 g/mol. The summed E-state index contributed by atoms with van der Waals surface area (Å²) >= 11 is 1.87. The molecule has 1 aliphatic heterocycles. The van der Waals surface area contributed by atoms with Crippen LogP contribution in [-0.4, -0.2) is 61.6 Å². The summed E-state index contributed by atoms with van der Waals surface area (Å²) in [6, 6.07) is 0. The number of rotatable bonds is 6. The van der Waals surface area contributed by atoms with Crippen LogP contribution < -0.4 is 10.6 Å². The molecule has 0 aromatic heterocycles. The first-order chi connectivity index (χ1) is 9.86. The molecule has 4 nitrogen and oxygen atoms in total. The van der Waals surface area contributed by atoms with Crippen LogP contribution in [0.1, 0.15) is 34.1 Å². The van der Waals surface area contributed by atoms with Crippen molar-refractivity contribution in [2.75, 3.05) is 46.0 Å². The lowest BCUT2D eigenvalue weighted by atomic mass is 9.92. The topological polar surface area (TPSA) is 39.7 Å². The molecule has 124 valence electrons. The summed E-state index contributed by atoms with van der Waals surface area (Å²) in [5, 5.41) is 6.85. The molecular formula is C16H34N4S. The van der Waals surface area contributed by atoms with Crippen LogP contribution in [0.4, 0.5) is 0 Å². The average molecular weight is 315 g/mol. The van der Waals surface area contributed by atoms with E-state index >= 15 is 0 Å². The fourth-order valence-corrected chi connectivity index (χ4v) is 3.11. The molecule has 0 radical (unpaired) electrons. The van der Waals surface area contributed by atoms with Crippen LogP contribution in [0, 0.1) is 11.8 Å². The maximum Gasteiger partial charge on any atom is 0.191 e. The molecule has 1 fully saturated rings. The van der Waals surface area contributed by atoms with Gasteiger partial charge < -0.3 is 15.5 Å². The van der Waals surface area contributed by atoms with Gasteiger partial charge in [-0.15, -0.1) is 0 Å². The van der Waals surface area contributed by atoms with Gasteiger partial charge in [-0.2, -0.15) is 11.8 Å². The predicted octanol–water partition coefficient (Wildman–Crippen LogP) is 2.27. The van der Waals surface area contributed by atoms with Gasteiger partial charge in [-0.1, -0.05) is 13.8 Å². The molecule has 5 heteroatoms. The van der Waals surface area contributed by atoms with Crippen molar-refractivity contribution >= 4 is 17.7 Å². The zero-order valence-electron chi connectivity index (χ0n) is 14.7. The Hall–Kier alpha value is -0.420. The highest BCUT2D eigenvalue weighted by atomic mass is 32.2. The standard InChI is InChI=1S/C16H34N4S/c1-13-9-14(2)11-20(10-13)8-7-18-15(17-5)19-12-16(3,4)21-6/h13-14H,7-12H2,1-6H3,(H2,17,18,19). The first kappa shape index (κ1) is 18.6. The maximum atomic E-state index is 4.30. The number of hydrogen-bond donors (Lipinski definition) is 2. The molecule has 21 heavy (non-hydrogen) atoms. The number of piperidine rings is 1. The summed E-state index contributed by atoms with van der Waals surface area (Å²) in [4.78, 5) is 6.88. The fourth-order valence-electron chi connectivity index (χ4n) is 2.90. The third kappa shape index (κ3) is 7.41. The number of guanidine groups is 1. The Kier molecular flexibility index (Phi) is 7.88. The molecule has 1 heterocycles. The van der Waals surface area contributed by atoms with Crippen LogP contribution in [0.15, 0.2) is 4.99 Å². The molecule has 1 aliphatic rings. The summed E-state index contributed by atoms with van der Waals surface area (Å²) < 4.78 is 0.232. The van der Waals surface area contributed by atoms with E-state index in [1.165, 1.54) is 19.5 Å². The molecule has 2 unspecified atom stereocenters. The molecule has 0 amide bonds. The minimum atomic E-state index is 0.232. The number of nitrogens with one attached hydrogen (secondary N) is 2. The SMILES string of the molecule is CN=C(NCCN1CC(C)CC(C)C1)NCC(C)(C)SC. The predicted molar refractivity (Wildman–Crippen MR) is 96.3 cm³/mol.